The maximum absolute atomic E-state index is 14.0. The van der Waals surface area contributed by atoms with Crippen molar-refractivity contribution in [2.45, 2.75) is 124 Å². The molecule has 4 amide bonds. The van der Waals surface area contributed by atoms with Crippen LogP contribution in [0.1, 0.15) is 104 Å². The number of anilines is 1. The number of carbonyl (C=O) groups excluding carboxylic acids is 4. The Hall–Kier alpha value is -4.21. The van der Waals surface area contributed by atoms with E-state index >= 15 is 0 Å². The van der Waals surface area contributed by atoms with E-state index in [1.54, 1.807) is 18.7 Å². The van der Waals surface area contributed by atoms with Crippen molar-refractivity contribution in [2.75, 3.05) is 90.5 Å². The second kappa shape index (κ2) is 34.3. The van der Waals surface area contributed by atoms with Crippen LogP contribution in [0, 0.1) is 0 Å². The number of unbranched alkanes of at least 4 members (excludes halogenated alkanes) is 5. The van der Waals surface area contributed by atoms with Crippen molar-refractivity contribution in [3.8, 4) is 22.5 Å². The molecule has 3 aromatic rings. The van der Waals surface area contributed by atoms with Crippen LogP contribution in [-0.4, -0.2) is 141 Å². The van der Waals surface area contributed by atoms with E-state index in [1.807, 2.05) is 53.2 Å². The molecule has 1 aliphatic heterocycles. The summed E-state index contributed by atoms with van der Waals surface area (Å²) in [7, 11) is 0. The summed E-state index contributed by atoms with van der Waals surface area (Å²) in [6, 6.07) is 16.0. The lowest BCUT2D eigenvalue weighted by molar-refractivity contribution is -0.125. The normalized spacial score (nSPS) is 13.0. The summed E-state index contributed by atoms with van der Waals surface area (Å²) >= 11 is 5.00. The highest BCUT2D eigenvalue weighted by molar-refractivity contribution is 8.07. The average molecular weight is 1030 g/mol. The number of carbonyl (C=O) groups is 4. The summed E-state index contributed by atoms with van der Waals surface area (Å²) in [5, 5.41) is 21.2. The molecule has 0 saturated heterocycles. The minimum absolute atomic E-state index is 0.00181. The van der Waals surface area contributed by atoms with E-state index in [9.17, 15) is 24.1 Å². The van der Waals surface area contributed by atoms with E-state index in [0.717, 1.165) is 79.6 Å². The molecular formula is C50H79N8O11PS. The molecule has 4 rings (SSSR count). The van der Waals surface area contributed by atoms with Crippen LogP contribution >= 0.6 is 6.72 Å². The number of aromatic nitrogens is 3. The minimum Gasteiger partial charge on any atom is -0.379 e. The lowest BCUT2D eigenvalue weighted by Crippen LogP contribution is -2.34. The smallest absolute Gasteiger partial charge is 0.324 e. The molecule has 5 N–H and O–H groups in total. The predicted molar refractivity (Wildman–Crippen MR) is 277 cm³/mol. The number of benzene rings is 2. The summed E-state index contributed by atoms with van der Waals surface area (Å²) in [5.41, 5.74) is 4.87. The van der Waals surface area contributed by atoms with Gasteiger partial charge in [-0.25, -0.2) is 4.68 Å². The van der Waals surface area contributed by atoms with Gasteiger partial charge in [-0.2, -0.15) is 0 Å². The zero-order chi connectivity index (χ0) is 51.1. The zero-order valence-electron chi connectivity index (χ0n) is 42.3. The summed E-state index contributed by atoms with van der Waals surface area (Å²) in [6.07, 6.45) is 6.19. The third-order valence-corrected chi connectivity index (χ3v) is 12.8. The molecule has 19 nitrogen and oxygen atoms in total. The van der Waals surface area contributed by atoms with Crippen LogP contribution in [0.5, 0.6) is 0 Å². The Morgan fingerprint density at radius 1 is 0.648 bits per heavy atom. The fraction of sp³-hybridized carbons (Fsp3) is 0.640. The van der Waals surface area contributed by atoms with Crippen LogP contribution in [0.2, 0.25) is 0 Å². The number of amides is 4. The average Bonchev–Trinajstić information content (AvgIpc) is 3.75. The van der Waals surface area contributed by atoms with E-state index in [-0.39, 0.29) is 68.8 Å². The van der Waals surface area contributed by atoms with Crippen LogP contribution in [0.4, 0.5) is 5.69 Å². The largest absolute Gasteiger partial charge is 0.379 e. The van der Waals surface area contributed by atoms with Gasteiger partial charge in [0.2, 0.25) is 23.6 Å². The van der Waals surface area contributed by atoms with E-state index in [1.165, 1.54) is 0 Å². The van der Waals surface area contributed by atoms with Gasteiger partial charge in [0.1, 0.15) is 5.69 Å². The van der Waals surface area contributed by atoms with Gasteiger partial charge in [-0.05, 0) is 63.0 Å². The molecule has 0 spiro atoms. The third kappa shape index (κ3) is 23.9. The van der Waals surface area contributed by atoms with Crippen molar-refractivity contribution in [3.05, 3.63) is 54.1 Å². The first-order valence-corrected chi connectivity index (χ1v) is 27.9. The summed E-state index contributed by atoms with van der Waals surface area (Å²) < 4.78 is 34.5. The second-order valence-corrected chi connectivity index (χ2v) is 20.5. The molecule has 2 heterocycles. The Morgan fingerprint density at radius 2 is 1.24 bits per heavy atom. The summed E-state index contributed by atoms with van der Waals surface area (Å²) in [6.45, 7) is 11.2. The summed E-state index contributed by atoms with van der Waals surface area (Å²) in [4.78, 5) is 63.4. The van der Waals surface area contributed by atoms with Crippen molar-refractivity contribution in [2.24, 2.45) is 0 Å². The Morgan fingerprint density at radius 3 is 1.96 bits per heavy atom. The minimum atomic E-state index is -3.18. The molecule has 1 aromatic heterocycles. The number of rotatable bonds is 38. The molecule has 0 saturated carbocycles. The van der Waals surface area contributed by atoms with Crippen molar-refractivity contribution < 1.29 is 52.1 Å². The first kappa shape index (κ1) is 59.4. The van der Waals surface area contributed by atoms with Gasteiger partial charge in [-0.3, -0.25) is 19.2 Å². The van der Waals surface area contributed by atoms with E-state index < -0.39 is 6.72 Å². The van der Waals surface area contributed by atoms with Gasteiger partial charge >= 0.3 is 6.72 Å². The van der Waals surface area contributed by atoms with Crippen LogP contribution in [-0.2, 0) is 72.1 Å². The second-order valence-electron chi connectivity index (χ2n) is 17.7. The molecule has 1 aliphatic rings. The first-order valence-electron chi connectivity index (χ1n) is 25.3. The highest BCUT2D eigenvalue weighted by atomic mass is 32.5. The molecule has 1 unspecified atom stereocenters. The van der Waals surface area contributed by atoms with Gasteiger partial charge in [0.25, 0.3) is 0 Å². The maximum Gasteiger partial charge on any atom is 0.324 e. The fourth-order valence-electron chi connectivity index (χ4n) is 7.58. The molecular weight excluding hydrogens is 952 g/mol. The molecule has 21 heteroatoms. The number of aryl methyl sites for hydroxylation is 1. The van der Waals surface area contributed by atoms with Gasteiger partial charge in [-0.1, -0.05) is 80.8 Å². The van der Waals surface area contributed by atoms with Gasteiger partial charge in [0, 0.05) is 75.6 Å². The molecule has 0 fully saturated rings. The van der Waals surface area contributed by atoms with Gasteiger partial charge in [0.05, 0.1) is 83.5 Å². The monoisotopic (exact) mass is 1030 g/mol. The van der Waals surface area contributed by atoms with Crippen LogP contribution in [0.25, 0.3) is 22.5 Å². The fourth-order valence-corrected chi connectivity index (χ4v) is 9.27. The number of hydrogen-bond acceptors (Lipinski definition) is 14. The standard InChI is InChI=1S/C50H79N8O11PS/c1-39(2)51-25-31-65-34-36-67-37-35-66-33-27-54-47(61)23-30-64-32-26-53-46(60)21-22-48(62)57-38-41-16-9-10-17-42(41)49-50(43-18-11-12-19-44(43)57)58(56-55-49)28-14-7-8-20-45(59)52-24-13-5-6-15-29-68-70(63,71)69-40(3)4/h9-12,16-19,39-40,51H,5-8,13-15,20-38H2,1-4H3,(H,52,59)(H,53,60)(H,54,61)(H,63,71). The van der Waals surface area contributed by atoms with Crippen molar-refractivity contribution in [1.82, 2.24) is 36.3 Å². The zero-order valence-corrected chi connectivity index (χ0v) is 44.0. The Bertz CT molecular complexity index is 2090. The lowest BCUT2D eigenvalue weighted by Gasteiger charge is -2.28. The number of nitrogens with zero attached hydrogens (tertiary/aromatic N) is 4. The quantitative estimate of drug-likeness (QED) is 0.0337. The van der Waals surface area contributed by atoms with Gasteiger partial charge in [-0.15, -0.1) is 5.10 Å². The maximum atomic E-state index is 14.0. The number of nitrogens with one attached hydrogen (secondary N) is 4. The Balaban J connectivity index is 1.12. The number of hydrogen-bond donors (Lipinski definition) is 5. The van der Waals surface area contributed by atoms with Crippen molar-refractivity contribution in [3.63, 3.8) is 0 Å². The topological polar surface area (TPSA) is 226 Å². The molecule has 71 heavy (non-hydrogen) atoms. The van der Waals surface area contributed by atoms with Crippen LogP contribution < -0.4 is 26.2 Å². The van der Waals surface area contributed by atoms with Crippen molar-refractivity contribution >= 4 is 47.8 Å². The number of fused-ring (bicyclic) bond motifs is 5. The molecule has 0 radical (unpaired) electrons. The highest BCUT2D eigenvalue weighted by Crippen LogP contribution is 2.45. The highest BCUT2D eigenvalue weighted by Gasteiger charge is 2.29. The van der Waals surface area contributed by atoms with Gasteiger partial charge in [0.15, 0.2) is 0 Å². The van der Waals surface area contributed by atoms with Crippen molar-refractivity contribution in [1.29, 1.82) is 0 Å². The first-order chi connectivity index (χ1) is 34.3. The lowest BCUT2D eigenvalue weighted by atomic mass is 9.95. The van der Waals surface area contributed by atoms with E-state index in [0.29, 0.717) is 90.6 Å². The summed E-state index contributed by atoms with van der Waals surface area (Å²) in [5.74, 6) is -0.590. The SMILES string of the molecule is CC(C)NCCOCCOCCOCCNC(=O)CCOCCNC(=O)CCC(=O)N1Cc2ccccc2-c2nnn(CCCCCC(=O)NCCCCCCOP(O)(=S)OC(C)C)c2-c2ccccc21. The Labute approximate surface area is 425 Å². The van der Waals surface area contributed by atoms with Crippen LogP contribution in [0.3, 0.4) is 0 Å². The molecule has 1 atom stereocenters. The number of para-hydroxylation sites is 1. The molecule has 0 bridgehead atoms. The predicted octanol–water partition coefficient (Wildman–Crippen LogP) is 5.82. The Kier molecular flexibility index (Phi) is 28.6. The van der Waals surface area contributed by atoms with Crippen LogP contribution in [0.15, 0.2) is 48.5 Å². The molecule has 0 aliphatic carbocycles. The molecule has 2 aromatic carbocycles. The number of ether oxygens (including phenoxy) is 4. The van der Waals surface area contributed by atoms with E-state index in [4.69, 9.17) is 39.8 Å². The molecule has 396 valence electrons. The van der Waals surface area contributed by atoms with E-state index in [2.05, 4.69) is 45.4 Å². The third-order valence-electron chi connectivity index (χ3n) is 11.1. The van der Waals surface area contributed by atoms with Gasteiger partial charge < -0.3 is 59.1 Å².